The Labute approximate surface area is 81.1 Å². The minimum atomic E-state index is 0.0451. The number of amides is 1. The number of para-hydroxylation sites is 1. The van der Waals surface area contributed by atoms with E-state index < -0.39 is 0 Å². The van der Waals surface area contributed by atoms with E-state index in [2.05, 4.69) is 10.3 Å². The Bertz CT molecular complexity index is 513. The summed E-state index contributed by atoms with van der Waals surface area (Å²) in [7, 11) is 0. The lowest BCUT2D eigenvalue weighted by molar-refractivity contribution is 0.0947. The maximum Gasteiger partial charge on any atom is 0.253 e. The molecule has 2 aromatic rings. The second kappa shape index (κ2) is 2.61. The van der Waals surface area contributed by atoms with Crippen LogP contribution in [0.1, 0.15) is 16.1 Å². The summed E-state index contributed by atoms with van der Waals surface area (Å²) in [6.07, 6.45) is 0.899. The Hall–Kier alpha value is -1.77. The molecule has 14 heavy (non-hydrogen) atoms. The number of carbonyl (C=O) groups is 1. The van der Waals surface area contributed by atoms with E-state index in [9.17, 15) is 4.79 Å². The lowest BCUT2D eigenvalue weighted by Gasteiger charge is -2.11. The number of H-pyrrole nitrogens is 1. The molecule has 1 aliphatic heterocycles. The molecular formula is C11H10N2O. The van der Waals surface area contributed by atoms with Crippen LogP contribution in [0.4, 0.5) is 0 Å². The van der Waals surface area contributed by atoms with Gasteiger partial charge in [-0.15, -0.1) is 0 Å². The minimum absolute atomic E-state index is 0.0451. The molecule has 3 heteroatoms. The highest BCUT2D eigenvalue weighted by Gasteiger charge is 2.21. The first-order valence-corrected chi connectivity index (χ1v) is 4.74. The molecule has 1 aromatic carbocycles. The van der Waals surface area contributed by atoms with Gasteiger partial charge in [0, 0.05) is 29.6 Å². The maximum atomic E-state index is 11.6. The van der Waals surface area contributed by atoms with Gasteiger partial charge in [0.25, 0.3) is 5.91 Å². The predicted molar refractivity (Wildman–Crippen MR) is 54.3 cm³/mol. The van der Waals surface area contributed by atoms with E-state index in [-0.39, 0.29) is 5.91 Å². The van der Waals surface area contributed by atoms with Crippen LogP contribution in [0.15, 0.2) is 24.3 Å². The third-order valence-electron chi connectivity index (χ3n) is 2.67. The standard InChI is InChI=1S/C11H10N2O/c14-11-10-7-3-1-2-4-8(7)13-9(10)5-6-12-11/h1-4,13H,5-6H2,(H,12,14)/i1+2,2+2,3+2,4+2,7+2,8+2. The fourth-order valence-corrected chi connectivity index (χ4v) is 2.03. The predicted octanol–water partition coefficient (Wildman–Crippen LogP) is 1.45. The Balaban J connectivity index is 2.39. The van der Waals surface area contributed by atoms with Crippen LogP contribution in [0.2, 0.25) is 0 Å². The molecule has 3 nitrogen and oxygen atoms in total. The lowest BCUT2D eigenvalue weighted by atomic mass is 10.2. The molecule has 0 saturated heterocycles. The summed E-state index contributed by atoms with van der Waals surface area (Å²) >= 11 is 0. The quantitative estimate of drug-likeness (QED) is 0.661. The highest BCUT2D eigenvalue weighted by atomic mass is 16.2. The van der Waals surface area contributed by atoms with Crippen LogP contribution in [-0.4, -0.2) is 17.4 Å². The molecule has 1 aromatic heterocycles. The van der Waals surface area contributed by atoms with Gasteiger partial charge >= 0.3 is 0 Å². The SMILES string of the molecule is O=C1NCCc2[nH][14c]3[14cH][14cH][14cH][14cH][14c]3c21. The number of fused-ring (bicyclic) bond motifs is 3. The second-order valence-electron chi connectivity index (χ2n) is 3.53. The molecule has 70 valence electrons. The summed E-state index contributed by atoms with van der Waals surface area (Å²) in [5.74, 6) is 0.0451. The van der Waals surface area contributed by atoms with E-state index in [0.29, 0.717) is 0 Å². The smallest absolute Gasteiger partial charge is 0.253 e. The van der Waals surface area contributed by atoms with Crippen molar-refractivity contribution < 1.29 is 4.79 Å². The molecule has 0 unspecified atom stereocenters. The first-order chi connectivity index (χ1) is 6.86. The monoisotopic (exact) mass is 198 g/mol. The van der Waals surface area contributed by atoms with E-state index >= 15 is 0 Å². The Morgan fingerprint density at radius 2 is 2.14 bits per heavy atom. The zero-order valence-electron chi connectivity index (χ0n) is 7.63. The number of rotatable bonds is 0. The molecule has 0 bridgehead atoms. The Kier molecular flexibility index (Phi) is 1.42. The van der Waals surface area contributed by atoms with Crippen LogP contribution in [0, 0.1) is 0 Å². The maximum absolute atomic E-state index is 11.6. The average Bonchev–Trinajstić information content (AvgIpc) is 2.57. The molecule has 1 amide bonds. The van der Waals surface area contributed by atoms with Gasteiger partial charge in [0.15, 0.2) is 0 Å². The van der Waals surface area contributed by atoms with Gasteiger partial charge in [0.2, 0.25) is 0 Å². The zero-order valence-corrected chi connectivity index (χ0v) is 7.63. The summed E-state index contributed by atoms with van der Waals surface area (Å²) in [6, 6.07) is 7.91. The van der Waals surface area contributed by atoms with Gasteiger partial charge in [0.1, 0.15) is 0 Å². The van der Waals surface area contributed by atoms with Crippen LogP contribution in [0.3, 0.4) is 0 Å². The fraction of sp³-hybridized carbons (Fsp3) is 0.182. The van der Waals surface area contributed by atoms with Crippen molar-refractivity contribution in [1.29, 1.82) is 0 Å². The van der Waals surface area contributed by atoms with Crippen molar-refractivity contribution >= 4 is 16.8 Å². The van der Waals surface area contributed by atoms with Gasteiger partial charge in [-0.3, -0.25) is 4.79 Å². The van der Waals surface area contributed by atoms with Crippen LogP contribution < -0.4 is 5.32 Å². The van der Waals surface area contributed by atoms with Gasteiger partial charge in [-0.05, 0) is 6.07 Å². The van der Waals surface area contributed by atoms with E-state index in [0.717, 1.165) is 35.1 Å². The zero-order chi connectivity index (χ0) is 9.54. The largest absolute Gasteiger partial charge is 0.358 e. The molecule has 0 atom stereocenters. The number of benzene rings is 1. The summed E-state index contributed by atoms with van der Waals surface area (Å²) in [6.45, 7) is 0.735. The normalized spacial score (nSPS) is 15.3. The summed E-state index contributed by atoms with van der Waals surface area (Å²) in [5.41, 5.74) is 2.94. The summed E-state index contributed by atoms with van der Waals surface area (Å²) in [4.78, 5) is 14.9. The third-order valence-corrected chi connectivity index (χ3v) is 2.67. The van der Waals surface area contributed by atoms with Crippen molar-refractivity contribution in [2.45, 2.75) is 6.42 Å². The number of hydrogen-bond donors (Lipinski definition) is 2. The van der Waals surface area contributed by atoms with Gasteiger partial charge in [-0.1, -0.05) is 18.2 Å². The van der Waals surface area contributed by atoms with Gasteiger partial charge in [-0.25, -0.2) is 0 Å². The lowest BCUT2D eigenvalue weighted by Crippen LogP contribution is -2.31. The van der Waals surface area contributed by atoms with Gasteiger partial charge in [-0.2, -0.15) is 0 Å². The highest BCUT2D eigenvalue weighted by molar-refractivity contribution is 6.08. The van der Waals surface area contributed by atoms with Crippen LogP contribution in [0.5, 0.6) is 0 Å². The Morgan fingerprint density at radius 1 is 1.29 bits per heavy atom. The fourth-order valence-electron chi connectivity index (χ4n) is 2.03. The van der Waals surface area contributed by atoms with Crippen molar-refractivity contribution in [2.24, 2.45) is 0 Å². The van der Waals surface area contributed by atoms with Crippen molar-refractivity contribution in [1.82, 2.24) is 10.3 Å². The van der Waals surface area contributed by atoms with Gasteiger partial charge in [0.05, 0.1) is 5.56 Å². The van der Waals surface area contributed by atoms with E-state index in [1.54, 1.807) is 0 Å². The van der Waals surface area contributed by atoms with E-state index in [4.69, 9.17) is 0 Å². The number of aromatic amines is 1. The third kappa shape index (κ3) is 0.894. The van der Waals surface area contributed by atoms with Crippen LogP contribution >= 0.6 is 0 Å². The Morgan fingerprint density at radius 3 is 3.07 bits per heavy atom. The van der Waals surface area contributed by atoms with Crippen LogP contribution in [0.25, 0.3) is 10.9 Å². The van der Waals surface area contributed by atoms with Crippen molar-refractivity contribution in [3.63, 3.8) is 0 Å². The molecule has 0 radical (unpaired) electrons. The van der Waals surface area contributed by atoms with Crippen molar-refractivity contribution in [3.8, 4) is 0 Å². The minimum Gasteiger partial charge on any atom is -0.358 e. The molecule has 1 aliphatic rings. The molecule has 0 aliphatic carbocycles. The number of aromatic nitrogens is 1. The second-order valence-corrected chi connectivity index (χ2v) is 3.53. The number of nitrogens with one attached hydrogen (secondary N) is 2. The van der Waals surface area contributed by atoms with E-state index in [1.165, 1.54) is 0 Å². The van der Waals surface area contributed by atoms with Crippen LogP contribution in [-0.2, 0) is 6.42 Å². The first kappa shape index (κ1) is 7.62. The summed E-state index contributed by atoms with van der Waals surface area (Å²) in [5, 5.41) is 3.89. The van der Waals surface area contributed by atoms with Crippen molar-refractivity contribution in [2.75, 3.05) is 6.54 Å². The number of carbonyl (C=O) groups excluding carboxylic acids is 1. The molecule has 0 saturated carbocycles. The molecule has 2 heterocycles. The van der Waals surface area contributed by atoms with Gasteiger partial charge < -0.3 is 10.3 Å². The molecule has 0 spiro atoms. The molecule has 0 fully saturated rings. The van der Waals surface area contributed by atoms with Crippen molar-refractivity contribution in [3.05, 3.63) is 35.5 Å². The first-order valence-electron chi connectivity index (χ1n) is 4.74. The highest BCUT2D eigenvalue weighted by Crippen LogP contribution is 2.24. The number of hydrogen-bond acceptors (Lipinski definition) is 1. The summed E-state index contributed by atoms with van der Waals surface area (Å²) < 4.78 is 0. The molecular weight excluding hydrogens is 188 g/mol. The average molecular weight is 198 g/mol. The molecule has 3 rings (SSSR count). The van der Waals surface area contributed by atoms with E-state index in [1.807, 2.05) is 24.3 Å². The topological polar surface area (TPSA) is 44.9 Å². The molecule has 2 N–H and O–H groups in total.